The minimum absolute atomic E-state index is 0.0568. The van der Waals surface area contributed by atoms with Crippen LogP contribution in [-0.2, 0) is 0 Å². The second-order valence-electron chi connectivity index (χ2n) is 2.97. The Morgan fingerprint density at radius 3 is 1.89 bits per heavy atom. The minimum Gasteiger partial charge on any atom is -0.205 e. The Labute approximate surface area is 116 Å². The molecule has 0 atom stereocenters. The molecule has 0 saturated carbocycles. The lowest BCUT2D eigenvalue weighted by Gasteiger charge is -1.91. The zero-order chi connectivity index (χ0) is 14.7. The van der Waals surface area contributed by atoms with Crippen LogP contribution in [0.2, 0.25) is 0 Å². The average Bonchev–Trinajstić information content (AvgIpc) is 2.73. The van der Waals surface area contributed by atoms with Crippen LogP contribution in [0.25, 0.3) is 10.1 Å². The SMILES string of the molecule is CC.CC.CC.Cc1ccc2sc(C)c(F)c2c1. The van der Waals surface area contributed by atoms with Crippen molar-refractivity contribution >= 4 is 21.4 Å². The molecule has 1 aromatic heterocycles. The number of hydrogen-bond acceptors (Lipinski definition) is 1. The van der Waals surface area contributed by atoms with E-state index >= 15 is 0 Å². The van der Waals surface area contributed by atoms with Crippen molar-refractivity contribution in [2.75, 3.05) is 0 Å². The van der Waals surface area contributed by atoms with Crippen LogP contribution in [0.3, 0.4) is 0 Å². The van der Waals surface area contributed by atoms with Crippen molar-refractivity contribution in [3.8, 4) is 0 Å². The van der Waals surface area contributed by atoms with Crippen molar-refractivity contribution in [1.29, 1.82) is 0 Å². The van der Waals surface area contributed by atoms with Gasteiger partial charge >= 0.3 is 0 Å². The Morgan fingerprint density at radius 1 is 0.889 bits per heavy atom. The molecular formula is C16H27FS. The first-order valence-electron chi connectivity index (χ1n) is 6.84. The fourth-order valence-electron chi connectivity index (χ4n) is 1.30. The largest absolute Gasteiger partial charge is 0.205 e. The van der Waals surface area contributed by atoms with Crippen LogP contribution in [0.15, 0.2) is 18.2 Å². The number of fused-ring (bicyclic) bond motifs is 1. The lowest BCUT2D eigenvalue weighted by atomic mass is 10.2. The maximum absolute atomic E-state index is 13.3. The molecule has 0 N–H and O–H groups in total. The number of aryl methyl sites for hydroxylation is 2. The first kappa shape index (κ1) is 19.4. The van der Waals surface area contributed by atoms with Crippen molar-refractivity contribution < 1.29 is 4.39 Å². The van der Waals surface area contributed by atoms with Gasteiger partial charge in [-0.2, -0.15) is 0 Å². The maximum Gasteiger partial charge on any atom is 0.144 e. The van der Waals surface area contributed by atoms with Gasteiger partial charge in [-0.3, -0.25) is 0 Å². The van der Waals surface area contributed by atoms with E-state index in [1.807, 2.05) is 73.6 Å². The predicted molar refractivity (Wildman–Crippen MR) is 85.3 cm³/mol. The molecule has 0 amide bonds. The van der Waals surface area contributed by atoms with Crippen molar-refractivity contribution in [3.05, 3.63) is 34.5 Å². The molecule has 1 aromatic carbocycles. The summed E-state index contributed by atoms with van der Waals surface area (Å²) in [4.78, 5) is 0.774. The summed E-state index contributed by atoms with van der Waals surface area (Å²) in [5.74, 6) is -0.0568. The molecule has 2 rings (SSSR count). The Morgan fingerprint density at radius 2 is 1.39 bits per heavy atom. The van der Waals surface area contributed by atoms with E-state index in [1.165, 1.54) is 11.3 Å². The van der Waals surface area contributed by atoms with E-state index in [2.05, 4.69) is 0 Å². The Hall–Kier alpha value is -0.890. The summed E-state index contributed by atoms with van der Waals surface area (Å²) in [5, 5.41) is 0.762. The van der Waals surface area contributed by atoms with Gasteiger partial charge in [-0.1, -0.05) is 53.2 Å². The second kappa shape index (κ2) is 11.2. The molecule has 1 heterocycles. The van der Waals surface area contributed by atoms with Gasteiger partial charge in [0.2, 0.25) is 0 Å². The molecule has 0 nitrogen and oxygen atoms in total. The van der Waals surface area contributed by atoms with Gasteiger partial charge in [-0.05, 0) is 26.0 Å². The van der Waals surface area contributed by atoms with Crippen molar-refractivity contribution in [3.63, 3.8) is 0 Å². The van der Waals surface area contributed by atoms with E-state index in [0.29, 0.717) is 0 Å². The summed E-state index contributed by atoms with van der Waals surface area (Å²) >= 11 is 1.51. The molecular weight excluding hydrogens is 243 g/mol. The topological polar surface area (TPSA) is 0 Å². The van der Waals surface area contributed by atoms with Crippen LogP contribution >= 0.6 is 11.3 Å². The summed E-state index contributed by atoms with van der Waals surface area (Å²) in [5.41, 5.74) is 1.11. The third-order valence-corrected chi connectivity index (χ3v) is 3.00. The molecule has 2 heteroatoms. The van der Waals surface area contributed by atoms with Gasteiger partial charge < -0.3 is 0 Å². The Kier molecular flexibility index (Phi) is 12.1. The van der Waals surface area contributed by atoms with E-state index in [-0.39, 0.29) is 5.82 Å². The van der Waals surface area contributed by atoms with E-state index < -0.39 is 0 Å². The maximum atomic E-state index is 13.3. The summed E-state index contributed by atoms with van der Waals surface area (Å²) in [6.45, 7) is 15.8. The quantitative estimate of drug-likeness (QED) is 0.497. The Bertz CT molecular complexity index is 430. The van der Waals surface area contributed by atoms with E-state index in [0.717, 1.165) is 20.5 Å². The molecule has 104 valence electrons. The summed E-state index contributed by atoms with van der Waals surface area (Å²) in [6.07, 6.45) is 0. The molecule has 0 unspecified atom stereocenters. The summed E-state index contributed by atoms with van der Waals surface area (Å²) in [6, 6.07) is 5.89. The van der Waals surface area contributed by atoms with Gasteiger partial charge in [0.25, 0.3) is 0 Å². The van der Waals surface area contributed by atoms with Crippen molar-refractivity contribution in [2.24, 2.45) is 0 Å². The standard InChI is InChI=1S/C10H9FS.3C2H6/c1-6-3-4-9-8(5-6)10(11)7(2)12-9;3*1-2/h3-5H,1-2H3;3*1-2H3. The lowest BCUT2D eigenvalue weighted by Crippen LogP contribution is -1.73. The fourth-order valence-corrected chi connectivity index (χ4v) is 2.23. The van der Waals surface area contributed by atoms with Gasteiger partial charge in [0.05, 0.1) is 0 Å². The van der Waals surface area contributed by atoms with E-state index in [4.69, 9.17) is 0 Å². The highest BCUT2D eigenvalue weighted by molar-refractivity contribution is 7.19. The monoisotopic (exact) mass is 270 g/mol. The first-order valence-corrected chi connectivity index (χ1v) is 7.65. The highest BCUT2D eigenvalue weighted by atomic mass is 32.1. The molecule has 0 spiro atoms. The molecule has 0 radical (unpaired) electrons. The van der Waals surface area contributed by atoms with Crippen LogP contribution in [0.1, 0.15) is 52.0 Å². The normalized spacial score (nSPS) is 8.28. The molecule has 18 heavy (non-hydrogen) atoms. The minimum atomic E-state index is -0.0568. The van der Waals surface area contributed by atoms with Gasteiger partial charge in [-0.15, -0.1) is 11.3 Å². The average molecular weight is 270 g/mol. The van der Waals surface area contributed by atoms with Crippen LogP contribution in [-0.4, -0.2) is 0 Å². The van der Waals surface area contributed by atoms with Gasteiger partial charge in [0.15, 0.2) is 0 Å². The summed E-state index contributed by atoms with van der Waals surface area (Å²) in [7, 11) is 0. The third-order valence-electron chi connectivity index (χ3n) is 1.94. The molecule has 0 bridgehead atoms. The molecule has 0 aliphatic heterocycles. The van der Waals surface area contributed by atoms with E-state index in [9.17, 15) is 4.39 Å². The van der Waals surface area contributed by atoms with Gasteiger partial charge in [-0.25, -0.2) is 4.39 Å². The van der Waals surface area contributed by atoms with Crippen LogP contribution < -0.4 is 0 Å². The van der Waals surface area contributed by atoms with Gasteiger partial charge in [0.1, 0.15) is 5.82 Å². The first-order chi connectivity index (χ1) is 8.68. The van der Waals surface area contributed by atoms with Crippen LogP contribution in [0, 0.1) is 19.7 Å². The fraction of sp³-hybridized carbons (Fsp3) is 0.500. The third kappa shape index (κ3) is 5.18. The number of hydrogen-bond donors (Lipinski definition) is 0. The van der Waals surface area contributed by atoms with Crippen molar-refractivity contribution in [1.82, 2.24) is 0 Å². The predicted octanol–water partition coefficient (Wildman–Crippen LogP) is 6.74. The lowest BCUT2D eigenvalue weighted by molar-refractivity contribution is 0.636. The number of halogens is 1. The Balaban J connectivity index is 0. The summed E-state index contributed by atoms with van der Waals surface area (Å²) < 4.78 is 14.4. The van der Waals surface area contributed by atoms with Gasteiger partial charge in [0, 0.05) is 15.0 Å². The van der Waals surface area contributed by atoms with Crippen LogP contribution in [0.4, 0.5) is 4.39 Å². The van der Waals surface area contributed by atoms with Crippen LogP contribution in [0.5, 0.6) is 0 Å². The highest BCUT2D eigenvalue weighted by Crippen LogP contribution is 2.29. The number of benzene rings is 1. The zero-order valence-electron chi connectivity index (χ0n) is 13.0. The van der Waals surface area contributed by atoms with E-state index in [1.54, 1.807) is 0 Å². The smallest absolute Gasteiger partial charge is 0.144 e. The second-order valence-corrected chi connectivity index (χ2v) is 4.23. The molecule has 0 aliphatic carbocycles. The number of thiophene rings is 1. The molecule has 2 aromatic rings. The van der Waals surface area contributed by atoms with Crippen molar-refractivity contribution in [2.45, 2.75) is 55.4 Å². The molecule has 0 saturated heterocycles. The molecule has 0 fully saturated rings. The highest BCUT2D eigenvalue weighted by Gasteiger charge is 2.07. The molecule has 0 aliphatic rings. The number of rotatable bonds is 0. The zero-order valence-corrected chi connectivity index (χ0v) is 13.8.